The molecule has 7 heteroatoms. The van der Waals surface area contributed by atoms with E-state index in [1.807, 2.05) is 22.9 Å². The quantitative estimate of drug-likeness (QED) is 0.834. The highest BCUT2D eigenvalue weighted by atomic mass is 32.2. The Morgan fingerprint density at radius 2 is 1.86 bits per heavy atom. The highest BCUT2D eigenvalue weighted by Crippen LogP contribution is 2.26. The van der Waals surface area contributed by atoms with Crippen LogP contribution in [0.25, 0.3) is 10.9 Å². The van der Waals surface area contributed by atoms with Crippen LogP contribution in [0.4, 0.5) is 0 Å². The molecule has 0 radical (unpaired) electrons. The van der Waals surface area contributed by atoms with E-state index in [9.17, 15) is 13.2 Å². The van der Waals surface area contributed by atoms with Gasteiger partial charge in [0.1, 0.15) is 6.54 Å². The van der Waals surface area contributed by atoms with Gasteiger partial charge in [-0.15, -0.1) is 0 Å². The average Bonchev–Trinajstić information content (AvgIpc) is 3.34. The summed E-state index contributed by atoms with van der Waals surface area (Å²) in [7, 11) is -3.42. The zero-order chi connectivity index (χ0) is 19.7. The topological polar surface area (TPSA) is 71.4 Å². The molecule has 1 saturated heterocycles. The van der Waals surface area contributed by atoms with Crippen LogP contribution in [-0.4, -0.2) is 42.3 Å². The molecule has 1 aromatic heterocycles. The van der Waals surface area contributed by atoms with E-state index in [4.69, 9.17) is 0 Å². The molecule has 28 heavy (non-hydrogen) atoms. The normalized spacial score (nSPS) is 23.9. The maximum absolute atomic E-state index is 12.8. The third-order valence-corrected chi connectivity index (χ3v) is 8.11. The Balaban J connectivity index is 1.49. The van der Waals surface area contributed by atoms with Gasteiger partial charge in [0.05, 0.1) is 4.90 Å². The van der Waals surface area contributed by atoms with Crippen molar-refractivity contribution in [3.63, 3.8) is 0 Å². The van der Waals surface area contributed by atoms with Gasteiger partial charge in [-0.25, -0.2) is 8.42 Å². The van der Waals surface area contributed by atoms with E-state index in [1.54, 1.807) is 16.4 Å². The van der Waals surface area contributed by atoms with Crippen LogP contribution in [0, 0.1) is 5.92 Å². The predicted molar refractivity (Wildman–Crippen MR) is 109 cm³/mol. The lowest BCUT2D eigenvalue weighted by atomic mass is 9.86. The van der Waals surface area contributed by atoms with E-state index in [0.717, 1.165) is 30.2 Å². The molecule has 2 aliphatic rings. The summed E-state index contributed by atoms with van der Waals surface area (Å²) in [5, 5.41) is 4.03. The molecule has 152 valence electrons. The zero-order valence-corrected chi connectivity index (χ0v) is 17.2. The van der Waals surface area contributed by atoms with Gasteiger partial charge in [0.25, 0.3) is 0 Å². The summed E-state index contributed by atoms with van der Waals surface area (Å²) in [5.74, 6) is 0.544. The minimum absolute atomic E-state index is 0.0185. The number of hydrogen-bond acceptors (Lipinski definition) is 3. The van der Waals surface area contributed by atoms with Crippen molar-refractivity contribution in [1.82, 2.24) is 14.2 Å². The lowest BCUT2D eigenvalue weighted by molar-refractivity contribution is -0.122. The molecular formula is C21H29N3O3S. The number of nitrogens with one attached hydrogen (secondary N) is 1. The number of fused-ring (bicyclic) bond motifs is 1. The molecule has 2 fully saturated rings. The van der Waals surface area contributed by atoms with Crippen molar-refractivity contribution in [2.24, 2.45) is 5.92 Å². The van der Waals surface area contributed by atoms with Crippen LogP contribution in [0.5, 0.6) is 0 Å². The molecule has 2 heterocycles. The maximum atomic E-state index is 12.8. The van der Waals surface area contributed by atoms with Crippen molar-refractivity contribution in [3.8, 4) is 0 Å². The molecule has 4 rings (SSSR count). The second kappa shape index (κ2) is 7.87. The van der Waals surface area contributed by atoms with Crippen LogP contribution in [-0.2, 0) is 21.4 Å². The fraction of sp³-hybridized carbons (Fsp3) is 0.571. The van der Waals surface area contributed by atoms with Gasteiger partial charge in [-0.1, -0.05) is 19.8 Å². The van der Waals surface area contributed by atoms with Crippen LogP contribution < -0.4 is 5.32 Å². The van der Waals surface area contributed by atoms with E-state index >= 15 is 0 Å². The number of nitrogens with zero attached hydrogens (tertiary/aromatic N) is 2. The first-order chi connectivity index (χ1) is 13.4. The van der Waals surface area contributed by atoms with Gasteiger partial charge >= 0.3 is 0 Å². The molecule has 1 aliphatic heterocycles. The molecule has 0 bridgehead atoms. The van der Waals surface area contributed by atoms with E-state index in [-0.39, 0.29) is 18.5 Å². The number of aromatic nitrogens is 1. The molecule has 1 amide bonds. The van der Waals surface area contributed by atoms with Gasteiger partial charge in [0.2, 0.25) is 15.9 Å². The molecule has 2 aromatic rings. The van der Waals surface area contributed by atoms with Crippen molar-refractivity contribution in [2.75, 3.05) is 13.1 Å². The predicted octanol–water partition coefficient (Wildman–Crippen LogP) is 3.12. The Hall–Kier alpha value is -1.86. The molecule has 0 unspecified atom stereocenters. The second-order valence-corrected chi connectivity index (χ2v) is 10.1. The van der Waals surface area contributed by atoms with Crippen molar-refractivity contribution in [1.29, 1.82) is 0 Å². The molecule has 1 saturated carbocycles. The van der Waals surface area contributed by atoms with E-state index < -0.39 is 10.0 Å². The summed E-state index contributed by atoms with van der Waals surface area (Å²) in [4.78, 5) is 12.9. The Morgan fingerprint density at radius 3 is 2.61 bits per heavy atom. The van der Waals surface area contributed by atoms with Crippen LogP contribution in [0.1, 0.15) is 45.4 Å². The minimum Gasteiger partial charge on any atom is -0.352 e. The molecule has 0 spiro atoms. The van der Waals surface area contributed by atoms with Gasteiger partial charge in [-0.05, 0) is 55.9 Å². The summed E-state index contributed by atoms with van der Waals surface area (Å²) in [6.45, 7) is 3.66. The van der Waals surface area contributed by atoms with Crippen LogP contribution >= 0.6 is 0 Å². The zero-order valence-electron chi connectivity index (χ0n) is 16.4. The summed E-state index contributed by atoms with van der Waals surface area (Å²) in [6, 6.07) is 7.35. The van der Waals surface area contributed by atoms with E-state index in [1.165, 1.54) is 19.3 Å². The lowest BCUT2D eigenvalue weighted by Gasteiger charge is -2.29. The van der Waals surface area contributed by atoms with Gasteiger partial charge in [0.15, 0.2) is 0 Å². The van der Waals surface area contributed by atoms with Crippen LogP contribution in [0.15, 0.2) is 35.4 Å². The Kier molecular flexibility index (Phi) is 5.47. The number of carbonyl (C=O) groups excluding carboxylic acids is 1. The van der Waals surface area contributed by atoms with Crippen LogP contribution in [0.3, 0.4) is 0 Å². The van der Waals surface area contributed by atoms with E-state index in [2.05, 4.69) is 12.2 Å². The third kappa shape index (κ3) is 3.82. The summed E-state index contributed by atoms with van der Waals surface area (Å²) in [6.07, 6.45) is 8.36. The highest BCUT2D eigenvalue weighted by molar-refractivity contribution is 7.89. The molecular weight excluding hydrogens is 374 g/mol. The van der Waals surface area contributed by atoms with Crippen molar-refractivity contribution < 1.29 is 13.2 Å². The summed E-state index contributed by atoms with van der Waals surface area (Å²) < 4.78 is 29.0. The number of benzene rings is 1. The van der Waals surface area contributed by atoms with Gasteiger partial charge in [-0.3, -0.25) is 4.79 Å². The smallest absolute Gasteiger partial charge is 0.243 e. The largest absolute Gasteiger partial charge is 0.352 e. The third-order valence-electron chi connectivity index (χ3n) is 6.22. The van der Waals surface area contributed by atoms with Gasteiger partial charge in [-0.2, -0.15) is 4.31 Å². The SMILES string of the molecule is C[C@H]1CCCC[C@H]1NC(=O)Cn1ccc2cc(S(=O)(=O)N3CCCC3)ccc21. The van der Waals surface area contributed by atoms with Crippen molar-refractivity contribution in [2.45, 2.75) is 62.9 Å². The number of amides is 1. The first kappa shape index (κ1) is 19.5. The number of sulfonamides is 1. The Morgan fingerprint density at radius 1 is 1.11 bits per heavy atom. The summed E-state index contributed by atoms with van der Waals surface area (Å²) in [5.41, 5.74) is 0.882. The van der Waals surface area contributed by atoms with Gasteiger partial charge in [0, 0.05) is 36.2 Å². The fourth-order valence-corrected chi connectivity index (χ4v) is 6.04. The Labute approximate surface area is 166 Å². The molecule has 1 aromatic carbocycles. The monoisotopic (exact) mass is 403 g/mol. The van der Waals surface area contributed by atoms with Crippen molar-refractivity contribution >= 4 is 26.8 Å². The van der Waals surface area contributed by atoms with Crippen LogP contribution in [0.2, 0.25) is 0 Å². The summed E-state index contributed by atoms with van der Waals surface area (Å²) >= 11 is 0. The molecule has 6 nitrogen and oxygen atoms in total. The van der Waals surface area contributed by atoms with Gasteiger partial charge < -0.3 is 9.88 Å². The minimum atomic E-state index is -3.42. The molecule has 2 atom stereocenters. The Bertz CT molecular complexity index is 960. The number of hydrogen-bond donors (Lipinski definition) is 1. The molecule has 1 N–H and O–H groups in total. The second-order valence-electron chi connectivity index (χ2n) is 8.21. The lowest BCUT2D eigenvalue weighted by Crippen LogP contribution is -2.42. The average molecular weight is 404 g/mol. The van der Waals surface area contributed by atoms with E-state index in [0.29, 0.717) is 23.9 Å². The first-order valence-electron chi connectivity index (χ1n) is 10.3. The molecule has 1 aliphatic carbocycles. The van der Waals surface area contributed by atoms with Crippen molar-refractivity contribution in [3.05, 3.63) is 30.5 Å². The highest BCUT2D eigenvalue weighted by Gasteiger charge is 2.27. The first-order valence-corrected chi connectivity index (χ1v) is 11.8. The fourth-order valence-electron chi connectivity index (χ4n) is 4.49. The number of carbonyl (C=O) groups is 1. The number of rotatable bonds is 5. The standard InChI is InChI=1S/C21H29N3O3S/c1-16-6-2-3-7-19(16)22-21(25)15-23-13-10-17-14-18(8-9-20(17)23)28(26,27)24-11-4-5-12-24/h8-10,13-14,16,19H,2-7,11-12,15H2,1H3,(H,22,25)/t16-,19+/m0/s1. The maximum Gasteiger partial charge on any atom is 0.243 e.